The zero-order valence-corrected chi connectivity index (χ0v) is 21.9. The van der Waals surface area contributed by atoms with Crippen LogP contribution < -0.4 is 15.6 Å². The fraction of sp³-hybridized carbons (Fsp3) is 0.360. The largest absolute Gasteiger partial charge is 0.480 e. The van der Waals surface area contributed by atoms with Crippen molar-refractivity contribution in [3.63, 3.8) is 0 Å². The Balaban J connectivity index is 1.43. The Bertz CT molecular complexity index is 1820. The molecule has 0 amide bonds. The van der Waals surface area contributed by atoms with Gasteiger partial charge in [0.2, 0.25) is 5.88 Å². The van der Waals surface area contributed by atoms with Gasteiger partial charge in [0.05, 0.1) is 42.2 Å². The molecule has 13 nitrogen and oxygen atoms in total. The Kier molecular flexibility index (Phi) is 5.76. The van der Waals surface area contributed by atoms with Crippen LogP contribution in [0, 0.1) is 11.3 Å². The maximum atomic E-state index is 13.7. The third kappa shape index (κ3) is 4.44. The lowest BCUT2D eigenvalue weighted by Gasteiger charge is -2.17. The number of sulfone groups is 1. The lowest BCUT2D eigenvalue weighted by atomic mass is 10.1. The van der Waals surface area contributed by atoms with Crippen molar-refractivity contribution in [3.05, 3.63) is 52.6 Å². The molecule has 0 radical (unpaired) electrons. The van der Waals surface area contributed by atoms with Crippen molar-refractivity contribution in [2.45, 2.75) is 48.6 Å². The highest BCUT2D eigenvalue weighted by Gasteiger charge is 2.48. The number of fused-ring (bicyclic) bond motifs is 1. The first-order chi connectivity index (χ1) is 18.7. The molecule has 0 aliphatic heterocycles. The zero-order valence-electron chi connectivity index (χ0n) is 21.1. The molecule has 4 aromatic rings. The third-order valence-electron chi connectivity index (χ3n) is 6.85. The molecule has 0 unspecified atom stereocenters. The van der Waals surface area contributed by atoms with Crippen molar-refractivity contribution >= 4 is 26.8 Å². The minimum atomic E-state index is -3.38. The molecule has 0 spiro atoms. The number of rotatable bonds is 8. The molecule has 0 aromatic carbocycles. The molecular formula is C25H23N9O4S. The van der Waals surface area contributed by atoms with Crippen LogP contribution in [0.2, 0.25) is 0 Å². The molecule has 2 aliphatic carbocycles. The number of nitriles is 1. The van der Waals surface area contributed by atoms with Crippen LogP contribution in [0.1, 0.15) is 43.0 Å². The Labute approximate surface area is 222 Å². The van der Waals surface area contributed by atoms with Crippen molar-refractivity contribution < 1.29 is 13.2 Å². The molecule has 0 saturated heterocycles. The van der Waals surface area contributed by atoms with Gasteiger partial charge in [-0.15, -0.1) is 0 Å². The summed E-state index contributed by atoms with van der Waals surface area (Å²) in [5.74, 6) is 0.898. The Morgan fingerprint density at radius 3 is 2.56 bits per heavy atom. The van der Waals surface area contributed by atoms with E-state index in [1.807, 2.05) is 0 Å². The van der Waals surface area contributed by atoms with Gasteiger partial charge in [-0.3, -0.25) is 14.3 Å². The number of ether oxygens (including phenoxy) is 1. The third-order valence-corrected chi connectivity index (χ3v) is 7.94. The van der Waals surface area contributed by atoms with Gasteiger partial charge >= 0.3 is 0 Å². The number of pyridine rings is 1. The molecule has 39 heavy (non-hydrogen) atoms. The lowest BCUT2D eigenvalue weighted by Crippen LogP contribution is -2.33. The molecule has 4 heterocycles. The maximum absolute atomic E-state index is 13.7. The van der Waals surface area contributed by atoms with E-state index in [9.17, 15) is 18.5 Å². The molecule has 2 aliphatic rings. The van der Waals surface area contributed by atoms with Crippen LogP contribution in [0.15, 0.2) is 40.5 Å². The van der Waals surface area contributed by atoms with Crippen molar-refractivity contribution in [2.75, 3.05) is 18.7 Å². The fourth-order valence-electron chi connectivity index (χ4n) is 4.44. The number of nitrogens with one attached hydrogen (secondary N) is 1. The molecule has 2 saturated carbocycles. The second-order valence-corrected chi connectivity index (χ2v) is 11.7. The number of aromatic nitrogens is 7. The summed E-state index contributed by atoms with van der Waals surface area (Å²) in [5, 5.41) is 13.0. The van der Waals surface area contributed by atoms with E-state index in [1.165, 1.54) is 36.5 Å². The number of nitrogens with zero attached hydrogens (tertiary/aromatic N) is 8. The molecule has 14 heteroatoms. The van der Waals surface area contributed by atoms with Gasteiger partial charge in [-0.05, 0) is 37.8 Å². The van der Waals surface area contributed by atoms with Gasteiger partial charge in [-0.2, -0.15) is 5.26 Å². The average molecular weight is 546 g/mol. The highest BCUT2D eigenvalue weighted by Crippen LogP contribution is 2.46. The maximum Gasteiger partial charge on any atom is 0.296 e. The number of anilines is 1. The smallest absolute Gasteiger partial charge is 0.296 e. The molecular weight excluding hydrogens is 522 g/mol. The average Bonchev–Trinajstić information content (AvgIpc) is 3.86. The van der Waals surface area contributed by atoms with Crippen molar-refractivity contribution in [3.8, 4) is 23.3 Å². The highest BCUT2D eigenvalue weighted by atomic mass is 32.2. The first-order valence-electron chi connectivity index (χ1n) is 12.2. The van der Waals surface area contributed by atoms with Crippen LogP contribution in [0.3, 0.4) is 0 Å². The molecule has 0 atom stereocenters. The summed E-state index contributed by atoms with van der Waals surface area (Å²) in [7, 11) is -1.87. The second-order valence-electron chi connectivity index (χ2n) is 9.68. The van der Waals surface area contributed by atoms with Crippen LogP contribution in [-0.4, -0.2) is 56.3 Å². The Morgan fingerprint density at radius 1 is 1.15 bits per heavy atom. The summed E-state index contributed by atoms with van der Waals surface area (Å²) in [5.41, 5.74) is 0.883. The van der Waals surface area contributed by atoms with E-state index in [1.54, 1.807) is 6.07 Å². The van der Waals surface area contributed by atoms with Crippen molar-refractivity contribution in [1.82, 2.24) is 34.5 Å². The van der Waals surface area contributed by atoms with Gasteiger partial charge in [0.25, 0.3) is 5.56 Å². The van der Waals surface area contributed by atoms with E-state index in [4.69, 9.17) is 9.72 Å². The van der Waals surface area contributed by atoms with E-state index >= 15 is 0 Å². The fourth-order valence-corrected chi connectivity index (χ4v) is 5.00. The van der Waals surface area contributed by atoms with E-state index in [2.05, 4.69) is 36.3 Å². The van der Waals surface area contributed by atoms with Gasteiger partial charge in [-0.1, -0.05) is 0 Å². The highest BCUT2D eigenvalue weighted by molar-refractivity contribution is 7.90. The van der Waals surface area contributed by atoms with Crippen LogP contribution in [0.5, 0.6) is 5.88 Å². The van der Waals surface area contributed by atoms with Gasteiger partial charge in [0, 0.05) is 18.4 Å². The topological polar surface area (TPSA) is 179 Å². The molecule has 6 rings (SSSR count). The molecule has 4 aromatic heterocycles. The normalized spacial score (nSPS) is 16.0. The predicted octanol–water partition coefficient (Wildman–Crippen LogP) is 1.95. The van der Waals surface area contributed by atoms with Crippen LogP contribution in [0.4, 0.5) is 5.82 Å². The monoisotopic (exact) mass is 545 g/mol. The predicted molar refractivity (Wildman–Crippen MR) is 139 cm³/mol. The molecule has 2 fully saturated rings. The van der Waals surface area contributed by atoms with Crippen molar-refractivity contribution in [1.29, 1.82) is 5.26 Å². The molecule has 198 valence electrons. The summed E-state index contributed by atoms with van der Waals surface area (Å²) in [6.07, 6.45) is 8.31. The Hall–Kier alpha value is -4.51. The van der Waals surface area contributed by atoms with Gasteiger partial charge in [0.15, 0.2) is 27.1 Å². The zero-order chi connectivity index (χ0) is 27.4. The van der Waals surface area contributed by atoms with Gasteiger partial charge < -0.3 is 10.1 Å². The summed E-state index contributed by atoms with van der Waals surface area (Å²) < 4.78 is 30.3. The van der Waals surface area contributed by atoms with Crippen LogP contribution in [-0.2, 0) is 21.9 Å². The first-order valence-corrected chi connectivity index (χ1v) is 14.1. The number of methoxy groups -OCH3 is 1. The van der Waals surface area contributed by atoms with Gasteiger partial charge in [-0.25, -0.2) is 33.3 Å². The van der Waals surface area contributed by atoms with Gasteiger partial charge in [0.1, 0.15) is 22.9 Å². The molecule has 0 bridgehead atoms. The minimum Gasteiger partial charge on any atom is -0.480 e. The Morgan fingerprint density at radius 2 is 1.95 bits per heavy atom. The number of hydrogen-bond acceptors (Lipinski definition) is 12. The summed E-state index contributed by atoms with van der Waals surface area (Å²) in [4.78, 5) is 40.3. The summed E-state index contributed by atoms with van der Waals surface area (Å²) in [6.45, 7) is 0.111. The molecule has 1 N–H and O–H groups in total. The SMILES string of the molecule is COc1ncnc(C2CC2)c1-c1ncc2nc(NCc3ccc(S(C)(=O)=O)cn3)c(=O)n(C3(C#N)CC3)c2n1. The van der Waals surface area contributed by atoms with E-state index in [0.717, 1.165) is 24.8 Å². The quantitative estimate of drug-likeness (QED) is 0.341. The van der Waals surface area contributed by atoms with Crippen LogP contribution >= 0.6 is 0 Å². The lowest BCUT2D eigenvalue weighted by molar-refractivity contribution is 0.397. The van der Waals surface area contributed by atoms with E-state index < -0.39 is 20.9 Å². The minimum absolute atomic E-state index is 0.00802. The summed E-state index contributed by atoms with van der Waals surface area (Å²) in [6, 6.07) is 5.28. The first kappa shape index (κ1) is 24.8. The van der Waals surface area contributed by atoms with Crippen molar-refractivity contribution in [2.24, 2.45) is 0 Å². The van der Waals surface area contributed by atoms with Crippen LogP contribution in [0.25, 0.3) is 22.6 Å². The summed E-state index contributed by atoms with van der Waals surface area (Å²) >= 11 is 0. The second kappa shape index (κ2) is 9.05. The standard InChI is InChI=1S/C25H23N9O4S/c1-38-23-18(19(14-3-4-14)30-13-31-23)20-29-11-17-22(33-20)34(25(12-26)7-8-25)24(35)21(32-17)28-9-15-5-6-16(10-27-15)39(2,36)37/h5-6,10-11,13-14H,3-4,7-9H2,1-2H3,(H,28,32). The van der Waals surface area contributed by atoms with E-state index in [0.29, 0.717) is 41.3 Å². The number of hydrogen-bond donors (Lipinski definition) is 1. The van der Waals surface area contributed by atoms with E-state index in [-0.39, 0.29) is 28.8 Å².